The molecule has 3 aromatic rings. The second kappa shape index (κ2) is 10.9. The molecule has 0 bridgehead atoms. The number of likely N-dealkylation sites (tertiary alicyclic amines) is 1. The van der Waals surface area contributed by atoms with E-state index in [9.17, 15) is 22.8 Å². The Balaban J connectivity index is 1.36. The van der Waals surface area contributed by atoms with Gasteiger partial charge in [-0.15, -0.1) is 0 Å². The minimum absolute atomic E-state index is 0.172. The van der Waals surface area contributed by atoms with Crippen molar-refractivity contribution in [2.45, 2.75) is 31.5 Å². The lowest BCUT2D eigenvalue weighted by molar-refractivity contribution is -0.159. The smallest absolute Gasteiger partial charge is 0.378 e. The third kappa shape index (κ3) is 6.38. The number of hydrogen-bond donors (Lipinski definition) is 2. The zero-order chi connectivity index (χ0) is 26.6. The minimum Gasteiger partial charge on any atom is -0.378 e. The van der Waals surface area contributed by atoms with Crippen LogP contribution in [0.15, 0.2) is 53.1 Å². The molecule has 1 aromatic heterocycles. The molecule has 12 heteroatoms. The van der Waals surface area contributed by atoms with Gasteiger partial charge in [0.05, 0.1) is 6.04 Å². The molecule has 37 heavy (non-hydrogen) atoms. The Hall–Kier alpha value is -4.09. The van der Waals surface area contributed by atoms with Crippen molar-refractivity contribution in [1.82, 2.24) is 20.4 Å². The van der Waals surface area contributed by atoms with Crippen LogP contribution in [0.25, 0.3) is 11.4 Å². The molecule has 0 spiro atoms. The van der Waals surface area contributed by atoms with Crippen molar-refractivity contribution in [2.75, 3.05) is 37.4 Å². The fraction of sp³-hybridized carbons (Fsp3) is 0.360. The lowest BCUT2D eigenvalue weighted by atomic mass is 10.0. The summed E-state index contributed by atoms with van der Waals surface area (Å²) in [6.45, 7) is 0.862. The minimum atomic E-state index is -4.72. The number of carbonyl (C=O) groups excluding carboxylic acids is 2. The van der Waals surface area contributed by atoms with Crippen molar-refractivity contribution in [3.63, 3.8) is 0 Å². The van der Waals surface area contributed by atoms with Crippen molar-refractivity contribution >= 4 is 23.3 Å². The Morgan fingerprint density at radius 3 is 2.57 bits per heavy atom. The van der Waals surface area contributed by atoms with Crippen LogP contribution >= 0.6 is 0 Å². The average molecular weight is 517 g/mol. The summed E-state index contributed by atoms with van der Waals surface area (Å²) in [5.41, 5.74) is 2.23. The standard InChI is InChI=1S/C25H27F3N6O3/c1-33(2)19-8-5-6-17(14-19)22(35)29-15-20-7-3-4-13-34(20)24(36)30-18-11-9-16(10-12-18)21-31-23(37-32-21)25(26,27)28/h5-6,8-12,14,20H,3-4,7,13,15H2,1-2H3,(H,29,35)(H,30,36). The summed E-state index contributed by atoms with van der Waals surface area (Å²) in [5.74, 6) is -1.83. The number of hydrogen-bond acceptors (Lipinski definition) is 6. The second-order valence-corrected chi connectivity index (χ2v) is 8.93. The zero-order valence-electron chi connectivity index (χ0n) is 20.4. The number of alkyl halides is 3. The SMILES string of the molecule is CN(C)c1cccc(C(=O)NCC2CCCCN2C(=O)Nc2ccc(-c3noc(C(F)(F)F)n3)cc2)c1. The number of anilines is 2. The molecule has 9 nitrogen and oxygen atoms in total. The molecule has 1 aliphatic rings. The van der Waals surface area contributed by atoms with E-state index < -0.39 is 12.1 Å². The van der Waals surface area contributed by atoms with Crippen LogP contribution in [0, 0.1) is 0 Å². The molecule has 1 fully saturated rings. The topological polar surface area (TPSA) is 104 Å². The molecule has 4 rings (SSSR count). The van der Waals surface area contributed by atoms with E-state index in [1.165, 1.54) is 12.1 Å². The van der Waals surface area contributed by atoms with E-state index in [-0.39, 0.29) is 23.8 Å². The molecule has 2 N–H and O–H groups in total. The van der Waals surface area contributed by atoms with Gasteiger partial charge >= 0.3 is 18.1 Å². The predicted molar refractivity (Wildman–Crippen MR) is 131 cm³/mol. The summed E-state index contributed by atoms with van der Waals surface area (Å²) in [6, 6.07) is 12.9. The van der Waals surface area contributed by atoms with Gasteiger partial charge < -0.3 is 25.0 Å². The highest BCUT2D eigenvalue weighted by Crippen LogP contribution is 2.29. The summed E-state index contributed by atoms with van der Waals surface area (Å²) in [7, 11) is 3.80. The van der Waals surface area contributed by atoms with Crippen LogP contribution in [0.5, 0.6) is 0 Å². The molecule has 3 amide bonds. The van der Waals surface area contributed by atoms with Crippen LogP contribution in [0.2, 0.25) is 0 Å². The monoisotopic (exact) mass is 516 g/mol. The molecule has 0 saturated carbocycles. The van der Waals surface area contributed by atoms with E-state index in [2.05, 4.69) is 25.3 Å². The molecule has 1 atom stereocenters. The first-order chi connectivity index (χ1) is 17.6. The Bertz CT molecular complexity index is 1240. The molecule has 196 valence electrons. The fourth-order valence-corrected chi connectivity index (χ4v) is 4.07. The fourth-order valence-electron chi connectivity index (χ4n) is 4.07. The van der Waals surface area contributed by atoms with E-state index in [4.69, 9.17) is 0 Å². The number of halogens is 3. The van der Waals surface area contributed by atoms with Gasteiger partial charge in [-0.1, -0.05) is 11.2 Å². The molecule has 2 heterocycles. The number of piperidine rings is 1. The van der Waals surface area contributed by atoms with E-state index in [1.807, 2.05) is 37.2 Å². The van der Waals surface area contributed by atoms with Gasteiger partial charge in [-0.3, -0.25) is 4.79 Å². The summed E-state index contributed by atoms with van der Waals surface area (Å²) in [5, 5.41) is 9.11. The largest absolute Gasteiger partial charge is 0.471 e. The Kier molecular flexibility index (Phi) is 7.65. The lowest BCUT2D eigenvalue weighted by Crippen LogP contribution is -2.50. The third-order valence-electron chi connectivity index (χ3n) is 6.07. The molecule has 1 aliphatic heterocycles. The molecule has 1 saturated heterocycles. The molecular formula is C25H27F3N6O3. The van der Waals surface area contributed by atoms with E-state index in [0.717, 1.165) is 24.9 Å². The highest BCUT2D eigenvalue weighted by Gasteiger charge is 2.38. The summed E-state index contributed by atoms with van der Waals surface area (Å²) >= 11 is 0. The van der Waals surface area contributed by atoms with Crippen LogP contribution in [-0.2, 0) is 6.18 Å². The van der Waals surface area contributed by atoms with Crippen molar-refractivity contribution < 1.29 is 27.3 Å². The van der Waals surface area contributed by atoms with Gasteiger partial charge in [0.25, 0.3) is 5.91 Å². The number of benzene rings is 2. The maximum absolute atomic E-state index is 13.0. The number of amides is 3. The van der Waals surface area contributed by atoms with Gasteiger partial charge in [0, 0.05) is 49.7 Å². The first-order valence-electron chi connectivity index (χ1n) is 11.8. The van der Waals surface area contributed by atoms with E-state index in [1.54, 1.807) is 23.1 Å². The predicted octanol–water partition coefficient (Wildman–Crippen LogP) is 4.64. The third-order valence-corrected chi connectivity index (χ3v) is 6.07. The first-order valence-corrected chi connectivity index (χ1v) is 11.8. The molecule has 0 aliphatic carbocycles. The van der Waals surface area contributed by atoms with Gasteiger partial charge in [0.15, 0.2) is 0 Å². The molecule has 2 aromatic carbocycles. The zero-order valence-corrected chi connectivity index (χ0v) is 20.4. The summed E-state index contributed by atoms with van der Waals surface area (Å²) in [4.78, 5) is 32.7. The average Bonchev–Trinajstić information content (AvgIpc) is 3.39. The van der Waals surface area contributed by atoms with Crippen molar-refractivity contribution in [3.8, 4) is 11.4 Å². The van der Waals surface area contributed by atoms with Crippen LogP contribution in [0.3, 0.4) is 0 Å². The van der Waals surface area contributed by atoms with Crippen molar-refractivity contribution in [3.05, 3.63) is 60.0 Å². The van der Waals surface area contributed by atoms with Gasteiger partial charge in [0.1, 0.15) is 0 Å². The van der Waals surface area contributed by atoms with Crippen molar-refractivity contribution in [2.24, 2.45) is 0 Å². The molecule has 0 radical (unpaired) electrons. The highest BCUT2D eigenvalue weighted by atomic mass is 19.4. The van der Waals surface area contributed by atoms with E-state index in [0.29, 0.717) is 29.9 Å². The summed E-state index contributed by atoms with van der Waals surface area (Å²) < 4.78 is 42.3. The maximum atomic E-state index is 13.0. The molecule has 1 unspecified atom stereocenters. The van der Waals surface area contributed by atoms with Gasteiger partial charge in [-0.25, -0.2) is 4.79 Å². The lowest BCUT2D eigenvalue weighted by Gasteiger charge is -2.35. The van der Waals surface area contributed by atoms with Gasteiger partial charge in [-0.2, -0.15) is 18.2 Å². The first kappa shape index (κ1) is 26.0. The summed E-state index contributed by atoms with van der Waals surface area (Å²) in [6.07, 6.45) is -2.18. The van der Waals surface area contributed by atoms with E-state index >= 15 is 0 Å². The highest BCUT2D eigenvalue weighted by molar-refractivity contribution is 5.95. The van der Waals surface area contributed by atoms with Crippen LogP contribution < -0.4 is 15.5 Å². The number of nitrogens with one attached hydrogen (secondary N) is 2. The number of carbonyl (C=O) groups is 2. The number of aromatic nitrogens is 2. The van der Waals surface area contributed by atoms with Gasteiger partial charge in [0.2, 0.25) is 5.82 Å². The number of rotatable bonds is 6. The van der Waals surface area contributed by atoms with Gasteiger partial charge in [-0.05, 0) is 61.7 Å². The second-order valence-electron chi connectivity index (χ2n) is 8.93. The Morgan fingerprint density at radius 2 is 1.89 bits per heavy atom. The van der Waals surface area contributed by atoms with Crippen LogP contribution in [0.1, 0.15) is 35.5 Å². The Labute approximate surface area is 211 Å². The molecular weight excluding hydrogens is 489 g/mol. The maximum Gasteiger partial charge on any atom is 0.471 e. The van der Waals surface area contributed by atoms with Crippen LogP contribution in [0.4, 0.5) is 29.3 Å². The van der Waals surface area contributed by atoms with Crippen LogP contribution in [-0.4, -0.2) is 60.2 Å². The normalized spacial score (nSPS) is 15.8. The Morgan fingerprint density at radius 1 is 1.14 bits per heavy atom. The number of urea groups is 1. The quantitative estimate of drug-likeness (QED) is 0.495. The van der Waals surface area contributed by atoms with Crippen molar-refractivity contribution in [1.29, 1.82) is 0 Å². The number of nitrogens with zero attached hydrogens (tertiary/aromatic N) is 4.